The van der Waals surface area contributed by atoms with Crippen molar-refractivity contribution in [2.24, 2.45) is 0 Å². The monoisotopic (exact) mass is 313 g/mol. The van der Waals surface area contributed by atoms with Crippen molar-refractivity contribution in [1.82, 2.24) is 4.98 Å². The molecule has 0 saturated heterocycles. The third kappa shape index (κ3) is 2.35. The van der Waals surface area contributed by atoms with Crippen LogP contribution in [-0.4, -0.2) is 11.0 Å². The second kappa shape index (κ2) is 4.77. The van der Waals surface area contributed by atoms with Crippen molar-refractivity contribution in [3.05, 3.63) is 42.9 Å². The van der Waals surface area contributed by atoms with E-state index in [0.29, 0.717) is 10.9 Å². The van der Waals surface area contributed by atoms with Crippen LogP contribution in [0.2, 0.25) is 0 Å². The number of pyridine rings is 1. The number of nitrogens with one attached hydrogen (secondary N) is 1. The first-order chi connectivity index (χ1) is 8.49. The lowest BCUT2D eigenvalue weighted by Crippen LogP contribution is -2.11. The van der Waals surface area contributed by atoms with Crippen LogP contribution in [-0.2, 0) is 16.1 Å². The fraction of sp³-hybridized carbons (Fsp3) is 0.182. The van der Waals surface area contributed by atoms with E-state index >= 15 is 0 Å². The number of ether oxygens (including phenoxy) is 1. The number of hydrogen-bond acceptors (Lipinski definition) is 5. The number of halogens is 1. The summed E-state index contributed by atoms with van der Waals surface area (Å²) < 4.78 is 9.95. The second-order valence-corrected chi connectivity index (χ2v) is 4.32. The number of fused-ring (bicyclic) bond motifs is 1. The normalized spacial score (nSPS) is 10.6. The number of carbonyl (C=O) groups excluding carboxylic acids is 1. The van der Waals surface area contributed by atoms with Gasteiger partial charge in [0.25, 0.3) is 5.56 Å². The summed E-state index contributed by atoms with van der Waals surface area (Å²) in [5, 5.41) is 0.502. The van der Waals surface area contributed by atoms with Gasteiger partial charge in [-0.1, -0.05) is 0 Å². The minimum atomic E-state index is -0.647. The number of carbonyl (C=O) groups is 1. The third-order valence-corrected chi connectivity index (χ3v) is 3.07. The zero-order valence-corrected chi connectivity index (χ0v) is 10.9. The summed E-state index contributed by atoms with van der Waals surface area (Å²) in [7, 11) is 0. The van der Waals surface area contributed by atoms with Crippen molar-refractivity contribution in [3.8, 4) is 0 Å². The van der Waals surface area contributed by atoms with Gasteiger partial charge in [0.1, 0.15) is 11.1 Å². The van der Waals surface area contributed by atoms with Gasteiger partial charge in [-0.05, 0) is 22.0 Å². The van der Waals surface area contributed by atoms with Crippen LogP contribution in [0.4, 0.5) is 0 Å². The average Bonchev–Trinajstić information content (AvgIpc) is 2.29. The van der Waals surface area contributed by atoms with Crippen LogP contribution in [0.3, 0.4) is 0 Å². The molecule has 0 aromatic carbocycles. The molecule has 0 atom stereocenters. The van der Waals surface area contributed by atoms with E-state index in [4.69, 9.17) is 9.15 Å². The molecule has 0 radical (unpaired) electrons. The number of rotatable bonds is 2. The lowest BCUT2D eigenvalue weighted by Gasteiger charge is -2.07. The summed E-state index contributed by atoms with van der Waals surface area (Å²) in [6.07, 6.45) is 0. The highest BCUT2D eigenvalue weighted by atomic mass is 79.9. The minimum Gasteiger partial charge on any atom is -0.461 e. The van der Waals surface area contributed by atoms with Crippen molar-refractivity contribution < 1.29 is 13.9 Å². The molecule has 2 rings (SSSR count). The molecule has 7 heteroatoms. The smallest absolute Gasteiger partial charge is 0.352 e. The second-order valence-electron chi connectivity index (χ2n) is 3.53. The molecule has 6 nitrogen and oxygen atoms in total. The van der Waals surface area contributed by atoms with Crippen LogP contribution in [0.25, 0.3) is 11.1 Å². The fourth-order valence-corrected chi connectivity index (χ4v) is 1.88. The molecule has 2 aromatic rings. The molecule has 18 heavy (non-hydrogen) atoms. The largest absolute Gasteiger partial charge is 0.461 e. The molecule has 94 valence electrons. The highest BCUT2D eigenvalue weighted by Gasteiger charge is 2.14. The Balaban J connectivity index is 2.68. The van der Waals surface area contributed by atoms with Crippen LogP contribution in [0, 0.1) is 0 Å². The number of H-pyrrole nitrogens is 1. The van der Waals surface area contributed by atoms with E-state index in [9.17, 15) is 14.4 Å². The molecular formula is C11H8BrNO5. The number of esters is 1. The lowest BCUT2D eigenvalue weighted by atomic mass is 10.2. The van der Waals surface area contributed by atoms with Gasteiger partial charge >= 0.3 is 11.6 Å². The summed E-state index contributed by atoms with van der Waals surface area (Å²) in [4.78, 5) is 35.9. The first kappa shape index (κ1) is 12.6. The van der Waals surface area contributed by atoms with Gasteiger partial charge in [-0.25, -0.2) is 4.79 Å². The van der Waals surface area contributed by atoms with Gasteiger partial charge in [-0.3, -0.25) is 14.6 Å². The van der Waals surface area contributed by atoms with Crippen LogP contribution in [0.5, 0.6) is 0 Å². The zero-order valence-electron chi connectivity index (χ0n) is 9.28. The van der Waals surface area contributed by atoms with Crippen molar-refractivity contribution in [1.29, 1.82) is 0 Å². The molecule has 0 unspecified atom stereocenters. The van der Waals surface area contributed by atoms with Crippen LogP contribution in [0.15, 0.2) is 30.6 Å². The van der Waals surface area contributed by atoms with Gasteiger partial charge in [0, 0.05) is 23.9 Å². The SMILES string of the molecule is CC(=O)OCc1c(Br)c(=O)oc2[nH]c(=O)ccc12. The molecule has 0 amide bonds. The molecule has 0 bridgehead atoms. The van der Waals surface area contributed by atoms with Crippen molar-refractivity contribution >= 4 is 33.0 Å². The van der Waals surface area contributed by atoms with E-state index < -0.39 is 11.6 Å². The summed E-state index contributed by atoms with van der Waals surface area (Å²) in [5.41, 5.74) is -0.525. The number of aromatic nitrogens is 1. The third-order valence-electron chi connectivity index (χ3n) is 2.27. The Morgan fingerprint density at radius 2 is 2.17 bits per heavy atom. The van der Waals surface area contributed by atoms with Gasteiger partial charge in [-0.2, -0.15) is 0 Å². The standard InChI is InChI=1S/C11H8BrNO5/c1-5(14)17-4-7-6-2-3-8(15)13-10(6)18-11(16)9(7)12/h2-3H,4H2,1H3,(H,13,15). The van der Waals surface area contributed by atoms with Gasteiger partial charge in [0.2, 0.25) is 5.71 Å². The summed E-state index contributed by atoms with van der Waals surface area (Å²) in [6.45, 7) is 1.19. The Morgan fingerprint density at radius 3 is 2.83 bits per heavy atom. The van der Waals surface area contributed by atoms with E-state index in [2.05, 4.69) is 20.9 Å². The van der Waals surface area contributed by atoms with E-state index in [0.717, 1.165) is 0 Å². The van der Waals surface area contributed by atoms with E-state index in [1.54, 1.807) is 0 Å². The minimum absolute atomic E-state index is 0.0536. The van der Waals surface area contributed by atoms with Gasteiger partial charge in [-0.15, -0.1) is 0 Å². The molecular weight excluding hydrogens is 306 g/mol. The summed E-state index contributed by atoms with van der Waals surface area (Å²) in [6, 6.07) is 2.80. The van der Waals surface area contributed by atoms with E-state index in [-0.39, 0.29) is 22.4 Å². The van der Waals surface area contributed by atoms with Crippen molar-refractivity contribution in [2.75, 3.05) is 0 Å². The van der Waals surface area contributed by atoms with Crippen molar-refractivity contribution in [2.45, 2.75) is 13.5 Å². The van der Waals surface area contributed by atoms with Crippen LogP contribution in [0.1, 0.15) is 12.5 Å². The summed E-state index contributed by atoms with van der Waals surface area (Å²) >= 11 is 3.08. The Morgan fingerprint density at radius 1 is 1.44 bits per heavy atom. The molecule has 0 aliphatic carbocycles. The maximum Gasteiger partial charge on any atom is 0.352 e. The molecule has 1 N–H and O–H groups in total. The Bertz CT molecular complexity index is 730. The first-order valence-corrected chi connectivity index (χ1v) is 5.76. The van der Waals surface area contributed by atoms with Gasteiger partial charge < -0.3 is 9.15 Å². The molecule has 0 fully saturated rings. The zero-order chi connectivity index (χ0) is 13.3. The number of aromatic amines is 1. The summed E-state index contributed by atoms with van der Waals surface area (Å²) in [5.74, 6) is -0.465. The Hall–Kier alpha value is -1.89. The lowest BCUT2D eigenvalue weighted by molar-refractivity contribution is -0.142. The Kier molecular flexibility index (Phi) is 3.33. The number of hydrogen-bond donors (Lipinski definition) is 1. The fourth-order valence-electron chi connectivity index (χ4n) is 1.47. The van der Waals surface area contributed by atoms with Gasteiger partial charge in [0.15, 0.2) is 0 Å². The first-order valence-electron chi connectivity index (χ1n) is 4.97. The molecule has 2 heterocycles. The van der Waals surface area contributed by atoms with Crippen LogP contribution >= 0.6 is 15.9 Å². The van der Waals surface area contributed by atoms with E-state index in [1.165, 1.54) is 19.1 Å². The quantitative estimate of drug-likeness (QED) is 0.844. The predicted molar refractivity (Wildman–Crippen MR) is 66.3 cm³/mol. The molecule has 2 aromatic heterocycles. The average molecular weight is 314 g/mol. The van der Waals surface area contributed by atoms with Crippen molar-refractivity contribution in [3.63, 3.8) is 0 Å². The molecule has 0 spiro atoms. The Labute approximate surface area is 109 Å². The predicted octanol–water partition coefficient (Wildman–Crippen LogP) is 1.31. The van der Waals surface area contributed by atoms with Gasteiger partial charge in [0.05, 0.1) is 0 Å². The molecule has 0 aliphatic heterocycles. The maximum absolute atomic E-state index is 11.5. The maximum atomic E-state index is 11.5. The van der Waals surface area contributed by atoms with Crippen LogP contribution < -0.4 is 11.2 Å². The highest BCUT2D eigenvalue weighted by molar-refractivity contribution is 9.10. The topological polar surface area (TPSA) is 89.4 Å². The highest BCUT2D eigenvalue weighted by Crippen LogP contribution is 2.22. The molecule has 0 aliphatic rings. The van der Waals surface area contributed by atoms with E-state index in [1.807, 2.05) is 0 Å². The molecule has 0 saturated carbocycles.